The lowest BCUT2D eigenvalue weighted by Crippen LogP contribution is -2.56. The quantitative estimate of drug-likeness (QED) is 0.764. The summed E-state index contributed by atoms with van der Waals surface area (Å²) in [5, 5.41) is 6.55. The fourth-order valence-electron chi connectivity index (χ4n) is 4.92. The molecular formula is C15H24N2OS. The molecule has 0 aromatic carbocycles. The van der Waals surface area contributed by atoms with Gasteiger partial charge in [-0.25, -0.2) is 0 Å². The van der Waals surface area contributed by atoms with Gasteiger partial charge in [0.25, 0.3) is 0 Å². The van der Waals surface area contributed by atoms with Crippen LogP contribution in [0.4, 0.5) is 0 Å². The van der Waals surface area contributed by atoms with E-state index in [9.17, 15) is 4.79 Å². The standard InChI is InChI=1S/C15H24N2OS/c1-9(2)16-14(19)17-13(18)15-6-10-3-11(7-15)5-12(4-10)8-15/h9-12H,3-8H2,1-2H3,(H2,16,17,18,19). The first-order valence-corrected chi connectivity index (χ1v) is 7.99. The molecule has 0 atom stereocenters. The molecule has 19 heavy (non-hydrogen) atoms. The highest BCUT2D eigenvalue weighted by Crippen LogP contribution is 2.60. The van der Waals surface area contributed by atoms with Gasteiger partial charge in [-0.15, -0.1) is 0 Å². The van der Waals surface area contributed by atoms with E-state index in [4.69, 9.17) is 12.2 Å². The number of carbonyl (C=O) groups is 1. The maximum absolute atomic E-state index is 12.6. The van der Waals surface area contributed by atoms with Gasteiger partial charge < -0.3 is 10.6 Å². The number of amides is 1. The summed E-state index contributed by atoms with van der Waals surface area (Å²) in [5.74, 6) is 2.57. The van der Waals surface area contributed by atoms with Crippen molar-refractivity contribution in [1.82, 2.24) is 10.6 Å². The van der Waals surface area contributed by atoms with E-state index in [-0.39, 0.29) is 17.4 Å². The molecule has 0 heterocycles. The van der Waals surface area contributed by atoms with E-state index >= 15 is 0 Å². The van der Waals surface area contributed by atoms with Crippen molar-refractivity contribution in [3.05, 3.63) is 0 Å². The largest absolute Gasteiger partial charge is 0.360 e. The van der Waals surface area contributed by atoms with E-state index in [1.807, 2.05) is 13.8 Å². The molecular weight excluding hydrogens is 256 g/mol. The van der Waals surface area contributed by atoms with E-state index in [1.54, 1.807) is 0 Å². The minimum Gasteiger partial charge on any atom is -0.360 e. The SMILES string of the molecule is CC(C)NC(=S)NC(=O)C12CC3CC(CC(C3)C1)C2. The molecule has 0 saturated heterocycles. The van der Waals surface area contributed by atoms with Gasteiger partial charge in [-0.05, 0) is 82.3 Å². The van der Waals surface area contributed by atoms with Gasteiger partial charge in [0.1, 0.15) is 0 Å². The van der Waals surface area contributed by atoms with Crippen molar-refractivity contribution in [2.45, 2.75) is 58.4 Å². The highest BCUT2D eigenvalue weighted by atomic mass is 32.1. The monoisotopic (exact) mass is 280 g/mol. The van der Waals surface area contributed by atoms with Crippen LogP contribution in [0.5, 0.6) is 0 Å². The Kier molecular flexibility index (Phi) is 3.32. The highest BCUT2D eigenvalue weighted by Gasteiger charge is 2.54. The predicted molar refractivity (Wildman–Crippen MR) is 79.6 cm³/mol. The van der Waals surface area contributed by atoms with Gasteiger partial charge in [0.05, 0.1) is 5.41 Å². The summed E-state index contributed by atoms with van der Waals surface area (Å²) < 4.78 is 0. The first-order valence-electron chi connectivity index (χ1n) is 7.59. The maximum Gasteiger partial charge on any atom is 0.232 e. The summed E-state index contributed by atoms with van der Waals surface area (Å²) in [5.41, 5.74) is -0.0997. The number of hydrogen-bond acceptors (Lipinski definition) is 2. The first-order chi connectivity index (χ1) is 8.97. The van der Waals surface area contributed by atoms with Crippen molar-refractivity contribution in [2.75, 3.05) is 0 Å². The van der Waals surface area contributed by atoms with Gasteiger partial charge in [0, 0.05) is 6.04 Å². The molecule has 3 nitrogen and oxygen atoms in total. The molecule has 0 radical (unpaired) electrons. The van der Waals surface area contributed by atoms with Crippen LogP contribution in [-0.2, 0) is 4.79 Å². The Hall–Kier alpha value is -0.640. The molecule has 0 unspecified atom stereocenters. The van der Waals surface area contributed by atoms with Gasteiger partial charge in [-0.2, -0.15) is 0 Å². The van der Waals surface area contributed by atoms with Crippen LogP contribution in [0.15, 0.2) is 0 Å². The van der Waals surface area contributed by atoms with E-state index in [1.165, 1.54) is 19.3 Å². The molecule has 0 aromatic heterocycles. The van der Waals surface area contributed by atoms with Gasteiger partial charge in [0.15, 0.2) is 5.11 Å². The third-order valence-electron chi connectivity index (χ3n) is 5.17. The number of hydrogen-bond donors (Lipinski definition) is 2. The number of rotatable bonds is 2. The third kappa shape index (κ3) is 2.51. The van der Waals surface area contributed by atoms with Crippen LogP contribution in [0.1, 0.15) is 52.4 Å². The Balaban J connectivity index is 1.68. The number of thiocarbonyl (C=S) groups is 1. The first kappa shape index (κ1) is 13.3. The van der Waals surface area contributed by atoms with Crippen molar-refractivity contribution >= 4 is 23.2 Å². The zero-order valence-corrected chi connectivity index (χ0v) is 12.7. The predicted octanol–water partition coefficient (Wildman–Crippen LogP) is 2.60. The molecule has 0 aliphatic heterocycles. The van der Waals surface area contributed by atoms with E-state index in [0.29, 0.717) is 5.11 Å². The molecule has 4 fully saturated rings. The molecule has 4 heteroatoms. The van der Waals surface area contributed by atoms with Crippen molar-refractivity contribution in [3.63, 3.8) is 0 Å². The summed E-state index contributed by atoms with van der Waals surface area (Å²) in [7, 11) is 0. The van der Waals surface area contributed by atoms with Crippen LogP contribution < -0.4 is 10.6 Å². The van der Waals surface area contributed by atoms with E-state index < -0.39 is 0 Å². The van der Waals surface area contributed by atoms with Crippen molar-refractivity contribution in [3.8, 4) is 0 Å². The molecule has 4 rings (SSSR count). The topological polar surface area (TPSA) is 41.1 Å². The fourth-order valence-corrected chi connectivity index (χ4v) is 5.25. The number of carbonyl (C=O) groups excluding carboxylic acids is 1. The van der Waals surface area contributed by atoms with Crippen LogP contribution in [-0.4, -0.2) is 17.1 Å². The summed E-state index contributed by atoms with van der Waals surface area (Å²) in [6.45, 7) is 4.06. The minimum absolute atomic E-state index is 0.0997. The summed E-state index contributed by atoms with van der Waals surface area (Å²) in [6, 6.07) is 0.268. The molecule has 0 aromatic rings. The van der Waals surface area contributed by atoms with Crippen molar-refractivity contribution < 1.29 is 4.79 Å². The van der Waals surface area contributed by atoms with Crippen LogP contribution in [0, 0.1) is 23.2 Å². The van der Waals surface area contributed by atoms with Crippen LogP contribution in [0.2, 0.25) is 0 Å². The summed E-state index contributed by atoms with van der Waals surface area (Å²) in [4.78, 5) is 12.6. The second-order valence-electron chi connectivity index (χ2n) is 7.28. The van der Waals surface area contributed by atoms with Crippen LogP contribution in [0.25, 0.3) is 0 Å². The van der Waals surface area contributed by atoms with Gasteiger partial charge >= 0.3 is 0 Å². The third-order valence-corrected chi connectivity index (χ3v) is 5.39. The van der Waals surface area contributed by atoms with Crippen LogP contribution >= 0.6 is 12.2 Å². The smallest absolute Gasteiger partial charge is 0.232 e. The Morgan fingerprint density at radius 1 is 1.11 bits per heavy atom. The molecule has 4 bridgehead atoms. The number of nitrogens with one attached hydrogen (secondary N) is 2. The second kappa shape index (κ2) is 4.72. The highest BCUT2D eigenvalue weighted by molar-refractivity contribution is 7.80. The fraction of sp³-hybridized carbons (Fsp3) is 0.867. The van der Waals surface area contributed by atoms with Gasteiger partial charge in [-0.1, -0.05) is 0 Å². The molecule has 4 aliphatic carbocycles. The molecule has 2 N–H and O–H groups in total. The Labute approximate surface area is 120 Å². The summed E-state index contributed by atoms with van der Waals surface area (Å²) in [6.07, 6.45) is 7.36. The molecule has 4 saturated carbocycles. The lowest BCUT2D eigenvalue weighted by Gasteiger charge is -2.55. The van der Waals surface area contributed by atoms with E-state index in [2.05, 4.69) is 10.6 Å². The zero-order valence-electron chi connectivity index (χ0n) is 11.9. The Morgan fingerprint density at radius 2 is 1.58 bits per heavy atom. The lowest BCUT2D eigenvalue weighted by atomic mass is 9.49. The molecule has 0 spiro atoms. The normalized spacial score (nSPS) is 39.4. The molecule has 106 valence electrons. The van der Waals surface area contributed by atoms with Crippen LogP contribution in [0.3, 0.4) is 0 Å². The van der Waals surface area contributed by atoms with Gasteiger partial charge in [-0.3, -0.25) is 4.79 Å². The maximum atomic E-state index is 12.6. The average molecular weight is 280 g/mol. The second-order valence-corrected chi connectivity index (χ2v) is 7.69. The minimum atomic E-state index is -0.0997. The summed E-state index contributed by atoms with van der Waals surface area (Å²) >= 11 is 5.22. The van der Waals surface area contributed by atoms with Crippen molar-refractivity contribution in [1.29, 1.82) is 0 Å². The lowest BCUT2D eigenvalue weighted by molar-refractivity contribution is -0.144. The average Bonchev–Trinajstić information content (AvgIpc) is 2.25. The Bertz CT molecular complexity index is 370. The zero-order chi connectivity index (χ0) is 13.6. The molecule has 1 amide bonds. The molecule has 4 aliphatic rings. The van der Waals surface area contributed by atoms with E-state index in [0.717, 1.165) is 37.0 Å². The van der Waals surface area contributed by atoms with Crippen molar-refractivity contribution in [2.24, 2.45) is 23.2 Å². The van der Waals surface area contributed by atoms with Gasteiger partial charge in [0.2, 0.25) is 5.91 Å². The Morgan fingerprint density at radius 3 is 2.00 bits per heavy atom.